The molecule has 64 valence electrons. The molecule has 1 aromatic rings. The first-order valence-electron chi connectivity index (χ1n) is 3.96. The summed E-state index contributed by atoms with van der Waals surface area (Å²) in [5.41, 5.74) is 1.90. The zero-order chi connectivity index (χ0) is 9.52. The van der Waals surface area contributed by atoms with Gasteiger partial charge >= 0.3 is 0 Å². The molecule has 2 heteroatoms. The topological polar surface area (TPSA) is 44.0 Å². The molecule has 0 atom stereocenters. The van der Waals surface area contributed by atoms with Crippen LogP contribution in [0.1, 0.15) is 11.1 Å². The van der Waals surface area contributed by atoms with Gasteiger partial charge in [-0.3, -0.25) is 0 Å². The maximum absolute atomic E-state index is 8.66. The molecule has 0 radical (unpaired) electrons. The third-order valence-corrected chi connectivity index (χ3v) is 1.62. The van der Waals surface area contributed by atoms with E-state index in [1.165, 1.54) is 0 Å². The lowest BCUT2D eigenvalue weighted by Gasteiger charge is -1.96. The van der Waals surface area contributed by atoms with E-state index < -0.39 is 0 Å². The molecular weight excluding hydrogens is 162 g/mol. The summed E-state index contributed by atoms with van der Waals surface area (Å²) in [6.07, 6.45) is 0.659. The van der Waals surface area contributed by atoms with Gasteiger partial charge in [0.05, 0.1) is 0 Å². The van der Waals surface area contributed by atoms with Crippen LogP contribution in [0.25, 0.3) is 0 Å². The quantitative estimate of drug-likeness (QED) is 0.677. The van der Waals surface area contributed by atoms with Crippen molar-refractivity contribution in [3.63, 3.8) is 0 Å². The van der Waals surface area contributed by atoms with E-state index in [1.807, 2.05) is 24.3 Å². The Morgan fingerprint density at radius 1 is 1.23 bits per heavy atom. The van der Waals surface area contributed by atoms with Gasteiger partial charge in [0, 0.05) is 18.1 Å². The van der Waals surface area contributed by atoms with E-state index in [0.29, 0.717) is 6.42 Å². The Labute approximate surface area is 77.4 Å². The van der Waals surface area contributed by atoms with Crippen molar-refractivity contribution in [1.82, 2.24) is 0 Å². The highest BCUT2D eigenvalue weighted by Gasteiger charge is 1.90. The normalized spacial score (nSPS) is 8.31. The van der Waals surface area contributed by atoms with Gasteiger partial charge in [-0.05, 0) is 24.1 Å². The fourth-order valence-electron chi connectivity index (χ4n) is 0.984. The second kappa shape index (κ2) is 4.98. The molecule has 0 spiro atoms. The van der Waals surface area contributed by atoms with Crippen LogP contribution in [0.5, 0.6) is 0 Å². The van der Waals surface area contributed by atoms with E-state index in [9.17, 15) is 0 Å². The lowest BCUT2D eigenvalue weighted by Crippen LogP contribution is -1.89. The van der Waals surface area contributed by atoms with Crippen LogP contribution in [-0.4, -0.2) is 11.7 Å². The molecule has 0 fully saturated rings. The van der Waals surface area contributed by atoms with E-state index in [-0.39, 0.29) is 6.61 Å². The standard InChI is InChI=1S/C11H9NO/c12-8-1-2-10-3-5-11(6-4-10)7-9-13/h3-6,13H,7,9H2. The minimum absolute atomic E-state index is 0.156. The highest BCUT2D eigenvalue weighted by atomic mass is 16.2. The number of benzene rings is 1. The van der Waals surface area contributed by atoms with Crippen LogP contribution in [0.4, 0.5) is 0 Å². The molecule has 0 amide bonds. The highest BCUT2D eigenvalue weighted by Crippen LogP contribution is 2.03. The molecule has 0 saturated carbocycles. The zero-order valence-corrected chi connectivity index (χ0v) is 7.12. The second-order valence-corrected chi connectivity index (χ2v) is 2.53. The van der Waals surface area contributed by atoms with Gasteiger partial charge < -0.3 is 5.11 Å². The van der Waals surface area contributed by atoms with Gasteiger partial charge in [-0.15, -0.1) is 0 Å². The van der Waals surface area contributed by atoms with Crippen LogP contribution in [-0.2, 0) is 6.42 Å². The smallest absolute Gasteiger partial charge is 0.152 e. The van der Waals surface area contributed by atoms with Crippen LogP contribution in [0.15, 0.2) is 24.3 Å². The zero-order valence-electron chi connectivity index (χ0n) is 7.12. The molecule has 0 heterocycles. The molecule has 0 aromatic heterocycles. The van der Waals surface area contributed by atoms with Gasteiger partial charge in [-0.2, -0.15) is 5.26 Å². The molecule has 0 bridgehead atoms. The molecular formula is C11H9NO. The predicted molar refractivity (Wildman–Crippen MR) is 49.7 cm³/mol. The number of nitriles is 1. The molecule has 0 aliphatic carbocycles. The first kappa shape index (κ1) is 9.32. The molecule has 13 heavy (non-hydrogen) atoms. The fraction of sp³-hybridized carbons (Fsp3) is 0.182. The summed E-state index contributed by atoms with van der Waals surface area (Å²) in [6.45, 7) is 0.156. The second-order valence-electron chi connectivity index (χ2n) is 2.53. The van der Waals surface area contributed by atoms with Crippen molar-refractivity contribution in [2.45, 2.75) is 6.42 Å². The van der Waals surface area contributed by atoms with E-state index in [1.54, 1.807) is 6.07 Å². The van der Waals surface area contributed by atoms with Gasteiger partial charge in [0.2, 0.25) is 0 Å². The summed E-state index contributed by atoms with van der Waals surface area (Å²) in [7, 11) is 0. The number of rotatable bonds is 2. The molecule has 1 aromatic carbocycles. The Hall–Kier alpha value is -1.77. The van der Waals surface area contributed by atoms with E-state index in [0.717, 1.165) is 11.1 Å². The maximum atomic E-state index is 8.66. The summed E-state index contributed by atoms with van der Waals surface area (Å²) in [5, 5.41) is 16.9. The van der Waals surface area contributed by atoms with Crippen molar-refractivity contribution >= 4 is 0 Å². The summed E-state index contributed by atoms with van der Waals surface area (Å²) in [4.78, 5) is 0. The highest BCUT2D eigenvalue weighted by molar-refractivity contribution is 5.39. The summed E-state index contributed by atoms with van der Waals surface area (Å²) in [5.74, 6) is 5.01. The number of aliphatic hydroxyl groups excluding tert-OH is 1. The predicted octanol–water partition coefficient (Wildman–Crippen LogP) is 1.10. The van der Waals surface area contributed by atoms with Crippen molar-refractivity contribution in [2.24, 2.45) is 0 Å². The average molecular weight is 171 g/mol. The third-order valence-electron chi connectivity index (χ3n) is 1.62. The van der Waals surface area contributed by atoms with E-state index in [4.69, 9.17) is 10.4 Å². The Morgan fingerprint density at radius 3 is 2.46 bits per heavy atom. The van der Waals surface area contributed by atoms with Crippen molar-refractivity contribution in [2.75, 3.05) is 6.61 Å². The van der Waals surface area contributed by atoms with Crippen molar-refractivity contribution < 1.29 is 5.11 Å². The van der Waals surface area contributed by atoms with Crippen LogP contribution < -0.4 is 0 Å². The SMILES string of the molecule is N#CC#Cc1ccc(CCO)cc1. The minimum atomic E-state index is 0.156. The van der Waals surface area contributed by atoms with Gasteiger partial charge in [0.25, 0.3) is 0 Å². The molecule has 2 nitrogen and oxygen atoms in total. The molecule has 1 N–H and O–H groups in total. The van der Waals surface area contributed by atoms with Crippen molar-refractivity contribution in [3.8, 4) is 17.9 Å². The van der Waals surface area contributed by atoms with E-state index >= 15 is 0 Å². The summed E-state index contributed by atoms with van der Waals surface area (Å²) >= 11 is 0. The van der Waals surface area contributed by atoms with Crippen molar-refractivity contribution in [1.29, 1.82) is 5.26 Å². The monoisotopic (exact) mass is 171 g/mol. The van der Waals surface area contributed by atoms with Crippen molar-refractivity contribution in [3.05, 3.63) is 35.4 Å². The minimum Gasteiger partial charge on any atom is -0.396 e. The summed E-state index contributed by atoms with van der Waals surface area (Å²) < 4.78 is 0. The van der Waals surface area contributed by atoms with Gasteiger partial charge in [-0.1, -0.05) is 18.1 Å². The number of hydrogen-bond acceptors (Lipinski definition) is 2. The maximum Gasteiger partial charge on any atom is 0.152 e. The van der Waals surface area contributed by atoms with Gasteiger partial charge in [0.1, 0.15) is 0 Å². The van der Waals surface area contributed by atoms with Crippen LogP contribution in [0.3, 0.4) is 0 Å². The molecule has 0 saturated heterocycles. The Balaban J connectivity index is 2.76. The summed E-state index contributed by atoms with van der Waals surface area (Å²) in [6, 6.07) is 9.24. The van der Waals surface area contributed by atoms with Crippen LogP contribution in [0.2, 0.25) is 0 Å². The number of hydrogen-bond donors (Lipinski definition) is 1. The van der Waals surface area contributed by atoms with E-state index in [2.05, 4.69) is 11.8 Å². The molecule has 0 aliphatic heterocycles. The Bertz CT molecular complexity index is 362. The third kappa shape index (κ3) is 2.99. The first-order valence-corrected chi connectivity index (χ1v) is 3.96. The van der Waals surface area contributed by atoms with Crippen LogP contribution >= 0.6 is 0 Å². The average Bonchev–Trinajstić information content (AvgIpc) is 2.17. The first-order chi connectivity index (χ1) is 6.36. The lowest BCUT2D eigenvalue weighted by molar-refractivity contribution is 0.299. The van der Waals surface area contributed by atoms with Gasteiger partial charge in [0.15, 0.2) is 6.07 Å². The Morgan fingerprint density at radius 2 is 1.92 bits per heavy atom. The molecule has 0 aliphatic rings. The van der Waals surface area contributed by atoms with Crippen LogP contribution in [0, 0.1) is 23.2 Å². The number of aliphatic hydroxyl groups is 1. The number of nitrogens with zero attached hydrogens (tertiary/aromatic N) is 1. The molecule has 1 rings (SSSR count). The largest absolute Gasteiger partial charge is 0.396 e. The Kier molecular flexibility index (Phi) is 3.57. The molecule has 0 unspecified atom stereocenters. The lowest BCUT2D eigenvalue weighted by atomic mass is 10.1. The fourth-order valence-corrected chi connectivity index (χ4v) is 0.984. The van der Waals surface area contributed by atoms with Gasteiger partial charge in [-0.25, -0.2) is 0 Å².